The lowest BCUT2D eigenvalue weighted by molar-refractivity contribution is 0.0964. The molecule has 6 heteroatoms. The summed E-state index contributed by atoms with van der Waals surface area (Å²) in [6.45, 7) is 6.74. The van der Waals surface area contributed by atoms with Crippen LogP contribution in [0.25, 0.3) is 10.2 Å². The quantitative estimate of drug-likeness (QED) is 0.646. The molecule has 1 atom stereocenters. The van der Waals surface area contributed by atoms with Gasteiger partial charge in [-0.15, -0.1) is 16.4 Å². The first-order valence-electron chi connectivity index (χ1n) is 9.31. The number of hydrogen-bond acceptors (Lipinski definition) is 5. The first-order valence-corrected chi connectivity index (χ1v) is 10.1. The number of benzene rings is 1. The molecule has 0 spiro atoms. The summed E-state index contributed by atoms with van der Waals surface area (Å²) < 4.78 is 1.21. The van der Waals surface area contributed by atoms with Crippen molar-refractivity contribution in [3.8, 4) is 0 Å². The lowest BCUT2D eigenvalue weighted by Crippen LogP contribution is -2.29. The number of hydrogen-bond donors (Lipinski definition) is 0. The molecule has 0 amide bonds. The summed E-state index contributed by atoms with van der Waals surface area (Å²) in [7, 11) is 0. The van der Waals surface area contributed by atoms with E-state index in [9.17, 15) is 9.59 Å². The summed E-state index contributed by atoms with van der Waals surface area (Å²) in [6.07, 6.45) is 2.96. The Kier molecular flexibility index (Phi) is 4.46. The van der Waals surface area contributed by atoms with E-state index in [1.54, 1.807) is 23.5 Å². The van der Waals surface area contributed by atoms with Crippen LogP contribution in [0.3, 0.4) is 0 Å². The molecule has 1 aliphatic carbocycles. The van der Waals surface area contributed by atoms with Crippen LogP contribution >= 0.6 is 11.3 Å². The third-order valence-corrected chi connectivity index (χ3v) is 6.69. The molecule has 0 saturated carbocycles. The van der Waals surface area contributed by atoms with Crippen molar-refractivity contribution in [2.75, 3.05) is 0 Å². The van der Waals surface area contributed by atoms with Gasteiger partial charge in [0.15, 0.2) is 10.6 Å². The van der Waals surface area contributed by atoms with Gasteiger partial charge in [0.1, 0.15) is 6.54 Å². The van der Waals surface area contributed by atoms with E-state index in [2.05, 4.69) is 31.1 Å². The standard InChI is InChI=1S/C21H23N3O2S/c1-21(2,3)14-9-10-15-17(11-14)27-19-18(15)20(26)24(23-22-19)12-16(25)13-7-5-4-6-8-13/h4-8,14H,9-12H2,1-3H3/t14-/m1/s1. The fourth-order valence-electron chi connectivity index (χ4n) is 3.82. The van der Waals surface area contributed by atoms with E-state index in [-0.39, 0.29) is 23.3 Å². The van der Waals surface area contributed by atoms with Crippen molar-refractivity contribution < 1.29 is 4.79 Å². The molecule has 3 aromatic rings. The van der Waals surface area contributed by atoms with Gasteiger partial charge >= 0.3 is 0 Å². The van der Waals surface area contributed by atoms with Crippen molar-refractivity contribution >= 4 is 27.3 Å². The van der Waals surface area contributed by atoms with Crippen molar-refractivity contribution in [2.24, 2.45) is 11.3 Å². The van der Waals surface area contributed by atoms with Crippen molar-refractivity contribution in [1.82, 2.24) is 15.0 Å². The van der Waals surface area contributed by atoms with Crippen molar-refractivity contribution in [2.45, 2.75) is 46.6 Å². The van der Waals surface area contributed by atoms with Gasteiger partial charge in [0, 0.05) is 10.4 Å². The highest BCUT2D eigenvalue weighted by molar-refractivity contribution is 7.18. The number of fused-ring (bicyclic) bond motifs is 3. The zero-order valence-electron chi connectivity index (χ0n) is 15.9. The average Bonchev–Trinajstić information content (AvgIpc) is 3.02. The van der Waals surface area contributed by atoms with E-state index in [4.69, 9.17) is 0 Å². The maximum Gasteiger partial charge on any atom is 0.279 e. The molecule has 5 nitrogen and oxygen atoms in total. The molecule has 2 heterocycles. The normalized spacial score (nSPS) is 17.1. The van der Waals surface area contributed by atoms with Gasteiger partial charge in [-0.05, 0) is 36.2 Å². The Bertz CT molecular complexity index is 1060. The summed E-state index contributed by atoms with van der Waals surface area (Å²) in [5, 5.41) is 8.95. The molecule has 4 rings (SSSR count). The lowest BCUT2D eigenvalue weighted by Gasteiger charge is -2.33. The van der Waals surface area contributed by atoms with E-state index in [1.165, 1.54) is 9.56 Å². The minimum Gasteiger partial charge on any atom is -0.292 e. The maximum absolute atomic E-state index is 13.0. The second kappa shape index (κ2) is 6.68. The van der Waals surface area contributed by atoms with Gasteiger partial charge in [-0.1, -0.05) is 56.3 Å². The van der Waals surface area contributed by atoms with E-state index < -0.39 is 0 Å². The number of aromatic nitrogens is 3. The fraction of sp³-hybridized carbons (Fsp3) is 0.429. The molecule has 0 saturated heterocycles. The second-order valence-electron chi connectivity index (χ2n) is 8.33. The number of aryl methyl sites for hydroxylation is 1. The van der Waals surface area contributed by atoms with Gasteiger partial charge in [0.2, 0.25) is 0 Å². The van der Waals surface area contributed by atoms with Gasteiger partial charge < -0.3 is 0 Å². The highest BCUT2D eigenvalue weighted by Gasteiger charge is 2.32. The van der Waals surface area contributed by atoms with Crippen LogP contribution in [0.15, 0.2) is 35.1 Å². The Morgan fingerprint density at radius 3 is 2.70 bits per heavy atom. The molecule has 1 aromatic carbocycles. The summed E-state index contributed by atoms with van der Waals surface area (Å²) in [5.74, 6) is 0.469. The molecular formula is C21H23N3O2S. The number of ketones is 1. The smallest absolute Gasteiger partial charge is 0.279 e. The van der Waals surface area contributed by atoms with Crippen molar-refractivity contribution in [3.05, 3.63) is 56.7 Å². The van der Waals surface area contributed by atoms with E-state index in [1.807, 2.05) is 18.2 Å². The summed E-state index contributed by atoms with van der Waals surface area (Å²) in [5.41, 5.74) is 1.75. The van der Waals surface area contributed by atoms with Crippen LogP contribution in [0.4, 0.5) is 0 Å². The van der Waals surface area contributed by atoms with Crippen LogP contribution in [-0.2, 0) is 19.4 Å². The van der Waals surface area contributed by atoms with Crippen molar-refractivity contribution in [3.63, 3.8) is 0 Å². The van der Waals surface area contributed by atoms with Gasteiger partial charge in [-0.2, -0.15) is 0 Å². The molecule has 2 aromatic heterocycles. The third-order valence-electron chi connectivity index (χ3n) is 5.55. The number of Topliss-reactive ketones (excluding diaryl/α,β-unsaturated/α-hetero) is 1. The number of carbonyl (C=O) groups excluding carboxylic acids is 1. The molecule has 0 fully saturated rings. The molecule has 27 heavy (non-hydrogen) atoms. The monoisotopic (exact) mass is 381 g/mol. The average molecular weight is 382 g/mol. The summed E-state index contributed by atoms with van der Waals surface area (Å²) in [6, 6.07) is 8.98. The Labute approximate surface area is 162 Å². The number of rotatable bonds is 3. The largest absolute Gasteiger partial charge is 0.292 e. The summed E-state index contributed by atoms with van der Waals surface area (Å²) >= 11 is 1.59. The molecule has 0 aliphatic heterocycles. The highest BCUT2D eigenvalue weighted by atomic mass is 32.1. The Balaban J connectivity index is 1.69. The van der Waals surface area contributed by atoms with Crippen LogP contribution in [0.2, 0.25) is 0 Å². The van der Waals surface area contributed by atoms with Gasteiger partial charge in [0.25, 0.3) is 5.56 Å². The predicted molar refractivity (Wildman–Crippen MR) is 107 cm³/mol. The SMILES string of the molecule is CC(C)(C)[C@@H]1CCc2c(sc3nnn(CC(=O)c4ccccc4)c(=O)c23)C1. The highest BCUT2D eigenvalue weighted by Crippen LogP contribution is 2.41. The topological polar surface area (TPSA) is 64.8 Å². The minimum atomic E-state index is -0.198. The van der Waals surface area contributed by atoms with Crippen LogP contribution < -0.4 is 5.56 Å². The molecular weight excluding hydrogens is 358 g/mol. The lowest BCUT2D eigenvalue weighted by atomic mass is 9.72. The van der Waals surface area contributed by atoms with Gasteiger partial charge in [-0.25, -0.2) is 4.68 Å². The minimum absolute atomic E-state index is 0.0823. The molecule has 0 radical (unpaired) electrons. The zero-order chi connectivity index (χ0) is 19.2. The van der Waals surface area contributed by atoms with Gasteiger partial charge in [0.05, 0.1) is 5.39 Å². The zero-order valence-corrected chi connectivity index (χ0v) is 16.7. The second-order valence-corrected chi connectivity index (χ2v) is 9.41. The number of nitrogens with zero attached hydrogens (tertiary/aromatic N) is 3. The predicted octanol–water partition coefficient (Wildman–Crippen LogP) is 3.89. The Hall–Kier alpha value is -2.34. The van der Waals surface area contributed by atoms with Crippen LogP contribution in [0.1, 0.15) is 48.0 Å². The Morgan fingerprint density at radius 2 is 2.00 bits per heavy atom. The number of carbonyl (C=O) groups is 1. The third kappa shape index (κ3) is 3.34. The van der Waals surface area contributed by atoms with Crippen molar-refractivity contribution in [1.29, 1.82) is 0 Å². The van der Waals surface area contributed by atoms with Crippen LogP contribution in [-0.4, -0.2) is 20.8 Å². The first kappa shape index (κ1) is 18.0. The fourth-order valence-corrected chi connectivity index (χ4v) is 5.06. The molecule has 0 bridgehead atoms. The Morgan fingerprint density at radius 1 is 1.26 bits per heavy atom. The first-order chi connectivity index (χ1) is 12.8. The van der Waals surface area contributed by atoms with Gasteiger partial charge in [-0.3, -0.25) is 9.59 Å². The molecule has 0 N–H and O–H groups in total. The molecule has 140 valence electrons. The van der Waals surface area contributed by atoms with Crippen LogP contribution in [0, 0.1) is 11.3 Å². The van der Waals surface area contributed by atoms with E-state index in [0.29, 0.717) is 21.7 Å². The van der Waals surface area contributed by atoms with E-state index in [0.717, 1.165) is 24.8 Å². The number of thiophene rings is 1. The molecule has 1 aliphatic rings. The van der Waals surface area contributed by atoms with E-state index >= 15 is 0 Å². The molecule has 0 unspecified atom stereocenters. The van der Waals surface area contributed by atoms with Crippen LogP contribution in [0.5, 0.6) is 0 Å². The maximum atomic E-state index is 13.0. The summed E-state index contributed by atoms with van der Waals surface area (Å²) in [4.78, 5) is 27.4.